The lowest BCUT2D eigenvalue weighted by molar-refractivity contribution is -0.127. The van der Waals surface area contributed by atoms with Crippen LogP contribution in [0.5, 0.6) is 0 Å². The molecule has 1 aromatic carbocycles. The standard InChI is InChI=1S/C22H29BrN2O2/c1-14(20-13-15-2-3-18(20)12-15)24-21(26)16-8-10-25(11-9-16)22(27)17-4-6-19(23)7-5-17/h4-7,14-16,18,20H,2-3,8-13H2,1H3,(H,24,26)/t14-,15-,18-,20-/m0/s1. The highest BCUT2D eigenvalue weighted by Gasteiger charge is 2.42. The lowest BCUT2D eigenvalue weighted by Gasteiger charge is -2.34. The Morgan fingerprint density at radius 1 is 1.07 bits per heavy atom. The Balaban J connectivity index is 1.26. The van der Waals surface area contributed by atoms with Gasteiger partial charge in [-0.25, -0.2) is 0 Å². The number of hydrogen-bond donors (Lipinski definition) is 1. The molecule has 1 saturated heterocycles. The number of halogens is 1. The summed E-state index contributed by atoms with van der Waals surface area (Å²) in [6, 6.07) is 7.77. The lowest BCUT2D eigenvalue weighted by atomic mass is 9.83. The van der Waals surface area contributed by atoms with Gasteiger partial charge in [0.2, 0.25) is 5.91 Å². The molecule has 2 saturated carbocycles. The molecule has 0 spiro atoms. The van der Waals surface area contributed by atoms with Crippen LogP contribution in [0, 0.1) is 23.7 Å². The number of piperidine rings is 1. The van der Waals surface area contributed by atoms with Crippen molar-refractivity contribution in [3.63, 3.8) is 0 Å². The normalized spacial score (nSPS) is 29.0. The van der Waals surface area contributed by atoms with Gasteiger partial charge in [0, 0.05) is 35.1 Å². The van der Waals surface area contributed by atoms with Crippen LogP contribution in [0.25, 0.3) is 0 Å². The number of nitrogens with one attached hydrogen (secondary N) is 1. The Morgan fingerprint density at radius 3 is 2.37 bits per heavy atom. The van der Waals surface area contributed by atoms with Crippen molar-refractivity contribution in [3.8, 4) is 0 Å². The molecule has 1 N–H and O–H groups in total. The fourth-order valence-corrected chi connectivity index (χ4v) is 5.74. The molecule has 2 bridgehead atoms. The minimum atomic E-state index is 0.0417. The summed E-state index contributed by atoms with van der Waals surface area (Å²) >= 11 is 3.40. The third-order valence-corrected chi connectivity index (χ3v) is 7.58. The van der Waals surface area contributed by atoms with Gasteiger partial charge in [-0.15, -0.1) is 0 Å². The fourth-order valence-electron chi connectivity index (χ4n) is 5.48. The second-order valence-corrected chi connectivity index (χ2v) is 9.63. The summed E-state index contributed by atoms with van der Waals surface area (Å²) < 4.78 is 0.971. The highest BCUT2D eigenvalue weighted by molar-refractivity contribution is 9.10. The molecule has 0 radical (unpaired) electrons. The summed E-state index contributed by atoms with van der Waals surface area (Å²) in [5.41, 5.74) is 0.714. The third-order valence-electron chi connectivity index (χ3n) is 7.05. The summed E-state index contributed by atoms with van der Waals surface area (Å²) in [7, 11) is 0. The van der Waals surface area contributed by atoms with Gasteiger partial charge in [0.05, 0.1) is 0 Å². The fraction of sp³-hybridized carbons (Fsp3) is 0.636. The van der Waals surface area contributed by atoms with Gasteiger partial charge < -0.3 is 10.2 Å². The highest BCUT2D eigenvalue weighted by Crippen LogP contribution is 2.49. The van der Waals surface area contributed by atoms with Crippen molar-refractivity contribution in [2.24, 2.45) is 23.7 Å². The molecule has 0 aromatic heterocycles. The Kier molecular flexibility index (Phi) is 5.58. The second kappa shape index (κ2) is 7.94. The van der Waals surface area contributed by atoms with Gasteiger partial charge in [-0.3, -0.25) is 9.59 Å². The van der Waals surface area contributed by atoms with Crippen LogP contribution in [0.15, 0.2) is 28.7 Å². The molecule has 5 heteroatoms. The van der Waals surface area contributed by atoms with E-state index >= 15 is 0 Å². The van der Waals surface area contributed by atoms with Crippen molar-refractivity contribution in [2.45, 2.75) is 51.5 Å². The first-order valence-corrected chi connectivity index (χ1v) is 11.2. The molecule has 1 heterocycles. The largest absolute Gasteiger partial charge is 0.353 e. The summed E-state index contributed by atoms with van der Waals surface area (Å²) in [5, 5.41) is 3.31. The number of rotatable bonds is 4. The van der Waals surface area contributed by atoms with E-state index in [0.717, 1.165) is 29.2 Å². The van der Waals surface area contributed by atoms with Gasteiger partial charge in [-0.05, 0) is 81.0 Å². The van der Waals surface area contributed by atoms with Crippen LogP contribution >= 0.6 is 15.9 Å². The topological polar surface area (TPSA) is 49.4 Å². The van der Waals surface area contributed by atoms with Crippen molar-refractivity contribution in [3.05, 3.63) is 34.3 Å². The van der Waals surface area contributed by atoms with Crippen LogP contribution in [0.4, 0.5) is 0 Å². The number of nitrogens with zero attached hydrogens (tertiary/aromatic N) is 1. The van der Waals surface area contributed by atoms with Crippen molar-refractivity contribution in [1.29, 1.82) is 0 Å². The molecule has 4 nitrogen and oxygen atoms in total. The molecule has 1 aromatic rings. The molecule has 4 rings (SSSR count). The second-order valence-electron chi connectivity index (χ2n) is 8.71. The van der Waals surface area contributed by atoms with Crippen LogP contribution in [0.3, 0.4) is 0 Å². The molecule has 2 aliphatic carbocycles. The van der Waals surface area contributed by atoms with Crippen molar-refractivity contribution >= 4 is 27.7 Å². The average molecular weight is 433 g/mol. The molecule has 1 aliphatic heterocycles. The van der Waals surface area contributed by atoms with Gasteiger partial charge in [0.25, 0.3) is 5.91 Å². The van der Waals surface area contributed by atoms with Gasteiger partial charge in [0.15, 0.2) is 0 Å². The molecular weight excluding hydrogens is 404 g/mol. The SMILES string of the molecule is C[C@H](NC(=O)C1CCN(C(=O)c2ccc(Br)cc2)CC1)[C@@H]1C[C@H]2CC[C@H]1C2. The zero-order valence-electron chi connectivity index (χ0n) is 16.0. The molecule has 0 unspecified atom stereocenters. The molecule has 27 heavy (non-hydrogen) atoms. The zero-order valence-corrected chi connectivity index (χ0v) is 17.6. The minimum Gasteiger partial charge on any atom is -0.353 e. The van der Waals surface area contributed by atoms with E-state index in [1.807, 2.05) is 29.2 Å². The van der Waals surface area contributed by atoms with E-state index in [1.54, 1.807) is 0 Å². The van der Waals surface area contributed by atoms with E-state index in [0.29, 0.717) is 24.6 Å². The molecule has 146 valence electrons. The monoisotopic (exact) mass is 432 g/mol. The summed E-state index contributed by atoms with van der Waals surface area (Å²) in [6.07, 6.45) is 6.95. The smallest absolute Gasteiger partial charge is 0.253 e. The number of amides is 2. The van der Waals surface area contributed by atoms with Crippen LogP contribution in [-0.2, 0) is 4.79 Å². The van der Waals surface area contributed by atoms with E-state index in [2.05, 4.69) is 28.2 Å². The first-order valence-electron chi connectivity index (χ1n) is 10.4. The Hall–Kier alpha value is -1.36. The molecule has 3 fully saturated rings. The average Bonchev–Trinajstić information content (AvgIpc) is 3.32. The number of fused-ring (bicyclic) bond motifs is 2. The molecule has 3 aliphatic rings. The van der Waals surface area contributed by atoms with Crippen LogP contribution < -0.4 is 5.32 Å². The number of likely N-dealkylation sites (tertiary alicyclic amines) is 1. The number of carbonyl (C=O) groups is 2. The van der Waals surface area contributed by atoms with Gasteiger partial charge in [-0.2, -0.15) is 0 Å². The highest BCUT2D eigenvalue weighted by atomic mass is 79.9. The number of hydrogen-bond acceptors (Lipinski definition) is 2. The quantitative estimate of drug-likeness (QED) is 0.772. The summed E-state index contributed by atoms with van der Waals surface area (Å²) in [6.45, 7) is 3.51. The third kappa shape index (κ3) is 4.08. The maximum absolute atomic E-state index is 12.7. The number of benzene rings is 1. The predicted octanol–water partition coefficient (Wildman–Crippen LogP) is 4.24. The summed E-state index contributed by atoms with van der Waals surface area (Å²) in [5.74, 6) is 2.72. The zero-order chi connectivity index (χ0) is 19.0. The Labute approximate surface area is 170 Å². The summed E-state index contributed by atoms with van der Waals surface area (Å²) in [4.78, 5) is 27.2. The first kappa shape index (κ1) is 19.0. The maximum Gasteiger partial charge on any atom is 0.253 e. The van der Waals surface area contributed by atoms with Gasteiger partial charge in [-0.1, -0.05) is 22.4 Å². The Morgan fingerprint density at radius 2 is 1.78 bits per heavy atom. The van der Waals surface area contributed by atoms with Crippen molar-refractivity contribution in [2.75, 3.05) is 13.1 Å². The first-order chi connectivity index (χ1) is 13.0. The molecular formula is C22H29BrN2O2. The maximum atomic E-state index is 12.7. The van der Waals surface area contributed by atoms with E-state index in [-0.39, 0.29) is 23.8 Å². The minimum absolute atomic E-state index is 0.0417. The van der Waals surface area contributed by atoms with Crippen molar-refractivity contribution < 1.29 is 9.59 Å². The van der Waals surface area contributed by atoms with E-state index in [9.17, 15) is 9.59 Å². The molecule has 4 atom stereocenters. The van der Waals surface area contributed by atoms with Crippen LogP contribution in [-0.4, -0.2) is 35.8 Å². The van der Waals surface area contributed by atoms with Crippen molar-refractivity contribution in [1.82, 2.24) is 10.2 Å². The predicted molar refractivity (Wildman–Crippen MR) is 109 cm³/mol. The van der Waals surface area contributed by atoms with Crippen LogP contribution in [0.1, 0.15) is 55.8 Å². The Bertz CT molecular complexity index is 697. The van der Waals surface area contributed by atoms with E-state index in [4.69, 9.17) is 0 Å². The molecule has 2 amide bonds. The van der Waals surface area contributed by atoms with E-state index in [1.165, 1.54) is 25.7 Å². The number of carbonyl (C=O) groups excluding carboxylic acids is 2. The van der Waals surface area contributed by atoms with Crippen LogP contribution in [0.2, 0.25) is 0 Å². The van der Waals surface area contributed by atoms with Gasteiger partial charge >= 0.3 is 0 Å². The lowest BCUT2D eigenvalue weighted by Crippen LogP contribution is -2.47. The van der Waals surface area contributed by atoms with E-state index < -0.39 is 0 Å². The van der Waals surface area contributed by atoms with Gasteiger partial charge in [0.1, 0.15) is 0 Å².